The molecule has 0 radical (unpaired) electrons. The summed E-state index contributed by atoms with van der Waals surface area (Å²) in [5.74, 6) is -1.57. The van der Waals surface area contributed by atoms with Gasteiger partial charge >= 0.3 is 5.97 Å². The van der Waals surface area contributed by atoms with Gasteiger partial charge in [0.25, 0.3) is 5.91 Å². The molecule has 0 bridgehead atoms. The number of carboxylic acids is 1. The normalized spacial score (nSPS) is 20.9. The standard InChI is InChI=1S/C15H19NO7S/c1-22-9-6-12(15(18)19)16(8-9)14(17)11-7-10(24(3,20)21)4-5-13(11)23-2/h4-5,7,9,12H,6,8H2,1-3H3,(H,18,19). The van der Waals surface area contributed by atoms with Gasteiger partial charge in [0.2, 0.25) is 0 Å². The highest BCUT2D eigenvalue weighted by atomic mass is 32.2. The molecule has 24 heavy (non-hydrogen) atoms. The van der Waals surface area contributed by atoms with Crippen LogP contribution in [0.1, 0.15) is 16.8 Å². The largest absolute Gasteiger partial charge is 0.496 e. The number of nitrogens with zero attached hydrogens (tertiary/aromatic N) is 1. The third-order valence-corrected chi connectivity index (χ3v) is 5.08. The molecule has 132 valence electrons. The molecule has 1 aromatic carbocycles. The summed E-state index contributed by atoms with van der Waals surface area (Å²) < 4.78 is 33.7. The van der Waals surface area contributed by atoms with E-state index in [4.69, 9.17) is 9.47 Å². The Bertz CT molecular complexity index is 759. The fourth-order valence-electron chi connectivity index (χ4n) is 2.67. The minimum Gasteiger partial charge on any atom is -0.496 e. The van der Waals surface area contributed by atoms with Gasteiger partial charge in [-0.15, -0.1) is 0 Å². The second-order valence-corrected chi connectivity index (χ2v) is 7.55. The third-order valence-electron chi connectivity index (χ3n) is 3.97. The molecule has 1 heterocycles. The van der Waals surface area contributed by atoms with Crippen molar-refractivity contribution in [1.82, 2.24) is 4.90 Å². The van der Waals surface area contributed by atoms with Crippen LogP contribution in [-0.2, 0) is 19.4 Å². The molecule has 1 N–H and O–H groups in total. The van der Waals surface area contributed by atoms with Crippen LogP contribution < -0.4 is 4.74 Å². The van der Waals surface area contributed by atoms with Gasteiger partial charge in [0.05, 0.1) is 23.7 Å². The molecule has 2 rings (SSSR count). The number of carbonyl (C=O) groups is 2. The molecule has 1 fully saturated rings. The monoisotopic (exact) mass is 357 g/mol. The van der Waals surface area contributed by atoms with Gasteiger partial charge in [0.1, 0.15) is 11.8 Å². The number of ether oxygens (including phenoxy) is 2. The van der Waals surface area contributed by atoms with Gasteiger partial charge in [0, 0.05) is 26.3 Å². The SMILES string of the molecule is COc1ccc(S(C)(=O)=O)cc1C(=O)N1CC(OC)CC1C(=O)O. The lowest BCUT2D eigenvalue weighted by Crippen LogP contribution is -2.40. The van der Waals surface area contributed by atoms with Gasteiger partial charge < -0.3 is 19.5 Å². The number of aliphatic carboxylic acids is 1. The van der Waals surface area contributed by atoms with Crippen LogP contribution in [0.4, 0.5) is 0 Å². The van der Waals surface area contributed by atoms with Gasteiger partial charge in [-0.05, 0) is 18.2 Å². The molecule has 1 aromatic rings. The van der Waals surface area contributed by atoms with Crippen LogP contribution in [0.2, 0.25) is 0 Å². The minimum absolute atomic E-state index is 0.00317. The van der Waals surface area contributed by atoms with E-state index in [1.807, 2.05) is 0 Å². The summed E-state index contributed by atoms with van der Waals surface area (Å²) in [6.45, 7) is 0.110. The second kappa shape index (κ2) is 6.78. The number of carboxylic acid groups (broad SMARTS) is 1. The lowest BCUT2D eigenvalue weighted by molar-refractivity contribution is -0.141. The molecular weight excluding hydrogens is 338 g/mol. The summed E-state index contributed by atoms with van der Waals surface area (Å²) >= 11 is 0. The van der Waals surface area contributed by atoms with E-state index >= 15 is 0 Å². The number of amides is 1. The number of hydrogen-bond donors (Lipinski definition) is 1. The van der Waals surface area contributed by atoms with Gasteiger partial charge in [-0.1, -0.05) is 0 Å². The molecule has 9 heteroatoms. The average Bonchev–Trinajstić information content (AvgIpc) is 2.97. The van der Waals surface area contributed by atoms with E-state index < -0.39 is 27.8 Å². The van der Waals surface area contributed by atoms with Gasteiger partial charge in [-0.25, -0.2) is 13.2 Å². The topological polar surface area (TPSA) is 110 Å². The quantitative estimate of drug-likeness (QED) is 0.813. The third kappa shape index (κ3) is 3.51. The highest BCUT2D eigenvalue weighted by molar-refractivity contribution is 7.90. The van der Waals surface area contributed by atoms with E-state index in [9.17, 15) is 23.1 Å². The van der Waals surface area contributed by atoms with E-state index in [0.29, 0.717) is 0 Å². The van der Waals surface area contributed by atoms with Crippen molar-refractivity contribution in [2.45, 2.75) is 23.5 Å². The highest BCUT2D eigenvalue weighted by Gasteiger charge is 2.41. The number of hydrogen-bond acceptors (Lipinski definition) is 6. The predicted octanol–water partition coefficient (Wildman–Crippen LogP) is 0.413. The summed E-state index contributed by atoms with van der Waals surface area (Å²) in [7, 11) is -0.723. The molecule has 1 saturated heterocycles. The first-order valence-electron chi connectivity index (χ1n) is 7.13. The van der Waals surface area contributed by atoms with Gasteiger partial charge in [-0.3, -0.25) is 4.79 Å². The van der Waals surface area contributed by atoms with E-state index in [1.165, 1.54) is 37.3 Å². The number of methoxy groups -OCH3 is 2. The number of benzene rings is 1. The van der Waals surface area contributed by atoms with Crippen LogP contribution >= 0.6 is 0 Å². The first-order chi connectivity index (χ1) is 11.2. The van der Waals surface area contributed by atoms with Crippen molar-refractivity contribution in [3.05, 3.63) is 23.8 Å². The fourth-order valence-corrected chi connectivity index (χ4v) is 3.31. The van der Waals surface area contributed by atoms with Crippen LogP contribution in [-0.4, -0.2) is 69.5 Å². The zero-order valence-electron chi connectivity index (χ0n) is 13.6. The van der Waals surface area contributed by atoms with Crippen LogP contribution in [0.25, 0.3) is 0 Å². The Morgan fingerprint density at radius 1 is 1.29 bits per heavy atom. The Balaban J connectivity index is 2.46. The average molecular weight is 357 g/mol. The lowest BCUT2D eigenvalue weighted by Gasteiger charge is -2.22. The molecule has 2 unspecified atom stereocenters. The Morgan fingerprint density at radius 2 is 1.96 bits per heavy atom. The Kier molecular flexibility index (Phi) is 5.14. The molecule has 0 aromatic heterocycles. The maximum Gasteiger partial charge on any atom is 0.326 e. The zero-order valence-corrected chi connectivity index (χ0v) is 14.4. The highest BCUT2D eigenvalue weighted by Crippen LogP contribution is 2.28. The van der Waals surface area contributed by atoms with Crippen molar-refractivity contribution in [2.24, 2.45) is 0 Å². The van der Waals surface area contributed by atoms with Crippen LogP contribution in [0.5, 0.6) is 5.75 Å². The second-order valence-electron chi connectivity index (χ2n) is 5.54. The maximum atomic E-state index is 12.8. The lowest BCUT2D eigenvalue weighted by atomic mass is 10.1. The van der Waals surface area contributed by atoms with Gasteiger partial charge in [0.15, 0.2) is 9.84 Å². The summed E-state index contributed by atoms with van der Waals surface area (Å²) in [6, 6.07) is 2.88. The van der Waals surface area contributed by atoms with E-state index in [-0.39, 0.29) is 35.3 Å². The summed E-state index contributed by atoms with van der Waals surface area (Å²) in [5.41, 5.74) is 0.00317. The molecular formula is C15H19NO7S. The predicted molar refractivity (Wildman–Crippen MR) is 84.0 cm³/mol. The summed E-state index contributed by atoms with van der Waals surface area (Å²) in [4.78, 5) is 25.4. The smallest absolute Gasteiger partial charge is 0.326 e. The molecule has 2 atom stereocenters. The van der Waals surface area contributed by atoms with Crippen LogP contribution in [0.15, 0.2) is 23.1 Å². The summed E-state index contributed by atoms with van der Waals surface area (Å²) in [5, 5.41) is 9.33. The number of carbonyl (C=O) groups excluding carboxylic acids is 1. The number of likely N-dealkylation sites (tertiary alicyclic amines) is 1. The van der Waals surface area contributed by atoms with Crippen LogP contribution in [0, 0.1) is 0 Å². The Hall–Kier alpha value is -2.13. The maximum absolute atomic E-state index is 12.8. The molecule has 1 amide bonds. The van der Waals surface area contributed by atoms with Crippen molar-refractivity contribution >= 4 is 21.7 Å². The summed E-state index contributed by atoms with van der Waals surface area (Å²) in [6.07, 6.45) is 0.810. The molecule has 0 spiro atoms. The molecule has 1 aliphatic rings. The van der Waals surface area contributed by atoms with Crippen LogP contribution in [0.3, 0.4) is 0 Å². The molecule has 0 aliphatic carbocycles. The molecule has 8 nitrogen and oxygen atoms in total. The van der Waals surface area contributed by atoms with E-state index in [2.05, 4.69) is 0 Å². The van der Waals surface area contributed by atoms with Crippen molar-refractivity contribution in [2.75, 3.05) is 27.0 Å². The first kappa shape index (κ1) is 18.2. The van der Waals surface area contributed by atoms with Crippen molar-refractivity contribution in [3.63, 3.8) is 0 Å². The minimum atomic E-state index is -3.52. The van der Waals surface area contributed by atoms with Crippen molar-refractivity contribution in [1.29, 1.82) is 0 Å². The zero-order chi connectivity index (χ0) is 18.1. The number of sulfone groups is 1. The van der Waals surface area contributed by atoms with Gasteiger partial charge in [-0.2, -0.15) is 0 Å². The Morgan fingerprint density at radius 3 is 2.46 bits per heavy atom. The number of rotatable bonds is 5. The van der Waals surface area contributed by atoms with E-state index in [1.54, 1.807) is 0 Å². The van der Waals surface area contributed by atoms with E-state index in [0.717, 1.165) is 6.26 Å². The Labute approximate surface area is 139 Å². The van der Waals surface area contributed by atoms with Crippen molar-refractivity contribution in [3.8, 4) is 5.75 Å². The molecule has 0 saturated carbocycles. The fraction of sp³-hybridized carbons (Fsp3) is 0.467. The van der Waals surface area contributed by atoms with Crippen molar-refractivity contribution < 1.29 is 32.6 Å². The first-order valence-corrected chi connectivity index (χ1v) is 9.02. The molecule has 1 aliphatic heterocycles.